The predicted molar refractivity (Wildman–Crippen MR) is 78.4 cm³/mol. The topological polar surface area (TPSA) is 53.3 Å². The summed E-state index contributed by atoms with van der Waals surface area (Å²) in [7, 11) is 1.74. The molecule has 0 bridgehead atoms. The van der Waals surface area contributed by atoms with Crippen molar-refractivity contribution < 1.29 is 9.53 Å². The van der Waals surface area contributed by atoms with Gasteiger partial charge in [-0.15, -0.1) is 0 Å². The quantitative estimate of drug-likeness (QED) is 0.685. The smallest absolute Gasteiger partial charge is 0.222 e. The van der Waals surface area contributed by atoms with Crippen LogP contribution in [0.1, 0.15) is 31.2 Å². The number of rotatable bonds is 8. The molecule has 1 aromatic rings. The Kier molecular flexibility index (Phi) is 7.20. The Bertz CT molecular complexity index is 466. The van der Waals surface area contributed by atoms with Gasteiger partial charge in [0.25, 0.3) is 0 Å². The Morgan fingerprint density at radius 3 is 2.90 bits per heavy atom. The van der Waals surface area contributed by atoms with E-state index in [9.17, 15) is 4.79 Å². The van der Waals surface area contributed by atoms with Crippen LogP contribution in [0.15, 0.2) is 24.3 Å². The Morgan fingerprint density at radius 1 is 1.40 bits per heavy atom. The maximum atomic E-state index is 11.7. The molecular weight excluding hydrogens is 252 g/mol. The van der Waals surface area contributed by atoms with Crippen LogP contribution in [0.25, 0.3) is 0 Å². The van der Waals surface area contributed by atoms with Crippen LogP contribution >= 0.6 is 0 Å². The normalized spacial score (nSPS) is 9.85. The monoisotopic (exact) mass is 274 g/mol. The van der Waals surface area contributed by atoms with Crippen molar-refractivity contribution in [3.63, 3.8) is 0 Å². The molecule has 0 radical (unpaired) electrons. The molecule has 108 valence electrons. The zero-order valence-corrected chi connectivity index (χ0v) is 12.3. The average molecular weight is 274 g/mol. The molecule has 0 saturated carbocycles. The third-order valence-corrected chi connectivity index (χ3v) is 3.03. The van der Waals surface area contributed by atoms with E-state index >= 15 is 0 Å². The van der Waals surface area contributed by atoms with Gasteiger partial charge in [-0.3, -0.25) is 4.79 Å². The molecule has 0 aliphatic rings. The van der Waals surface area contributed by atoms with E-state index in [0.29, 0.717) is 26.0 Å². The number of benzene rings is 1. The summed E-state index contributed by atoms with van der Waals surface area (Å²) in [6.07, 6.45) is 2.56. The molecule has 4 heteroatoms. The third-order valence-electron chi connectivity index (χ3n) is 3.03. The number of nitriles is 1. The average Bonchev–Trinajstić information content (AvgIpc) is 2.44. The molecule has 20 heavy (non-hydrogen) atoms. The van der Waals surface area contributed by atoms with E-state index in [1.807, 2.05) is 37.3 Å². The minimum atomic E-state index is 0.0933. The molecule has 4 nitrogen and oxygen atoms in total. The van der Waals surface area contributed by atoms with Gasteiger partial charge in [0.1, 0.15) is 5.75 Å². The molecule has 0 spiro atoms. The number of carbonyl (C=O) groups is 1. The van der Waals surface area contributed by atoms with Crippen molar-refractivity contribution >= 4 is 5.91 Å². The van der Waals surface area contributed by atoms with Crippen LogP contribution in [0, 0.1) is 18.3 Å². The first kappa shape index (κ1) is 16.0. The molecule has 0 saturated heterocycles. The van der Waals surface area contributed by atoms with Gasteiger partial charge in [0.15, 0.2) is 0 Å². The predicted octanol–water partition coefficient (Wildman–Crippen LogP) is 2.92. The van der Waals surface area contributed by atoms with Gasteiger partial charge in [-0.2, -0.15) is 5.26 Å². The Morgan fingerprint density at radius 2 is 2.20 bits per heavy atom. The summed E-state index contributed by atoms with van der Waals surface area (Å²) in [4.78, 5) is 13.3. The van der Waals surface area contributed by atoms with Crippen molar-refractivity contribution in [2.45, 2.75) is 32.6 Å². The van der Waals surface area contributed by atoms with Gasteiger partial charge in [0.05, 0.1) is 19.1 Å². The highest BCUT2D eigenvalue weighted by Gasteiger charge is 2.07. The van der Waals surface area contributed by atoms with E-state index in [2.05, 4.69) is 0 Å². The first-order valence-electron chi connectivity index (χ1n) is 6.94. The fourth-order valence-electron chi connectivity index (χ4n) is 1.81. The van der Waals surface area contributed by atoms with Crippen LogP contribution in [-0.4, -0.2) is 31.0 Å². The second-order valence-electron chi connectivity index (χ2n) is 4.85. The zero-order chi connectivity index (χ0) is 14.8. The fourth-order valence-corrected chi connectivity index (χ4v) is 1.81. The first-order valence-corrected chi connectivity index (χ1v) is 6.94. The van der Waals surface area contributed by atoms with Crippen molar-refractivity contribution in [2.75, 3.05) is 20.2 Å². The van der Waals surface area contributed by atoms with E-state index in [0.717, 1.165) is 18.6 Å². The molecular formula is C16H22N2O2. The highest BCUT2D eigenvalue weighted by Crippen LogP contribution is 2.13. The molecule has 0 aliphatic carbocycles. The van der Waals surface area contributed by atoms with Gasteiger partial charge in [-0.25, -0.2) is 0 Å². The molecule has 0 aromatic heterocycles. The first-order chi connectivity index (χ1) is 9.63. The van der Waals surface area contributed by atoms with Gasteiger partial charge in [0, 0.05) is 20.0 Å². The summed E-state index contributed by atoms with van der Waals surface area (Å²) in [5, 5.41) is 8.47. The minimum Gasteiger partial charge on any atom is -0.494 e. The van der Waals surface area contributed by atoms with Crippen molar-refractivity contribution in [3.05, 3.63) is 29.8 Å². The lowest BCUT2D eigenvalue weighted by Crippen LogP contribution is -2.27. The Labute approximate surface area is 121 Å². The molecule has 1 amide bonds. The molecule has 0 heterocycles. The molecule has 0 unspecified atom stereocenters. The summed E-state index contributed by atoms with van der Waals surface area (Å²) in [6, 6.07) is 9.98. The second kappa shape index (κ2) is 8.98. The molecule has 1 rings (SSSR count). The number of carbonyl (C=O) groups excluding carboxylic acids is 1. The van der Waals surface area contributed by atoms with E-state index in [-0.39, 0.29) is 5.91 Å². The number of hydrogen-bond acceptors (Lipinski definition) is 3. The lowest BCUT2D eigenvalue weighted by Gasteiger charge is -2.15. The maximum absolute atomic E-state index is 11.7. The van der Waals surface area contributed by atoms with E-state index in [1.54, 1.807) is 11.9 Å². The molecule has 0 atom stereocenters. The lowest BCUT2D eigenvalue weighted by atomic mass is 10.2. The van der Waals surface area contributed by atoms with Crippen LogP contribution in [0.3, 0.4) is 0 Å². The lowest BCUT2D eigenvalue weighted by molar-refractivity contribution is -0.129. The van der Waals surface area contributed by atoms with Crippen LogP contribution in [0.5, 0.6) is 5.75 Å². The molecule has 0 aliphatic heterocycles. The fraction of sp³-hybridized carbons (Fsp3) is 0.500. The zero-order valence-electron chi connectivity index (χ0n) is 12.3. The summed E-state index contributed by atoms with van der Waals surface area (Å²) in [5.41, 5.74) is 1.18. The number of nitrogens with zero attached hydrogens (tertiary/aromatic N) is 2. The Balaban J connectivity index is 2.13. The highest BCUT2D eigenvalue weighted by molar-refractivity contribution is 5.75. The Hall–Kier alpha value is -2.02. The van der Waals surface area contributed by atoms with Crippen LogP contribution in [0.2, 0.25) is 0 Å². The number of aryl methyl sites for hydroxylation is 1. The summed E-state index contributed by atoms with van der Waals surface area (Å²) < 4.78 is 5.63. The van der Waals surface area contributed by atoms with E-state index < -0.39 is 0 Å². The number of unbranched alkanes of at least 4 members (excludes halogenated alkanes) is 1. The van der Waals surface area contributed by atoms with E-state index in [1.165, 1.54) is 5.56 Å². The highest BCUT2D eigenvalue weighted by atomic mass is 16.5. The van der Waals surface area contributed by atoms with Gasteiger partial charge in [-0.1, -0.05) is 12.1 Å². The third kappa shape index (κ3) is 6.24. The van der Waals surface area contributed by atoms with Gasteiger partial charge in [0.2, 0.25) is 5.91 Å². The molecule has 0 fully saturated rings. The standard InChI is InChI=1S/C16H22N2O2/c1-14-7-5-8-15(13-14)20-12-4-3-9-16(19)18(2)11-6-10-17/h5,7-8,13H,3-4,6,9,11-12H2,1-2H3. The largest absolute Gasteiger partial charge is 0.494 e. The van der Waals surface area contributed by atoms with Crippen molar-refractivity contribution in [1.82, 2.24) is 4.90 Å². The van der Waals surface area contributed by atoms with Gasteiger partial charge in [-0.05, 0) is 37.5 Å². The summed E-state index contributed by atoms with van der Waals surface area (Å²) in [6.45, 7) is 3.16. The van der Waals surface area contributed by atoms with Gasteiger partial charge >= 0.3 is 0 Å². The summed E-state index contributed by atoms with van der Waals surface area (Å²) in [5.74, 6) is 0.971. The van der Waals surface area contributed by atoms with Crippen molar-refractivity contribution in [2.24, 2.45) is 0 Å². The minimum absolute atomic E-state index is 0.0933. The molecule has 0 N–H and O–H groups in total. The van der Waals surface area contributed by atoms with Crippen LogP contribution in [-0.2, 0) is 4.79 Å². The number of hydrogen-bond donors (Lipinski definition) is 0. The van der Waals surface area contributed by atoms with Gasteiger partial charge < -0.3 is 9.64 Å². The molecule has 1 aromatic carbocycles. The van der Waals surface area contributed by atoms with Crippen LogP contribution in [0.4, 0.5) is 0 Å². The number of amides is 1. The van der Waals surface area contributed by atoms with Crippen molar-refractivity contribution in [3.8, 4) is 11.8 Å². The maximum Gasteiger partial charge on any atom is 0.222 e. The summed E-state index contributed by atoms with van der Waals surface area (Å²) >= 11 is 0. The van der Waals surface area contributed by atoms with Crippen molar-refractivity contribution in [1.29, 1.82) is 5.26 Å². The second-order valence-corrected chi connectivity index (χ2v) is 4.85. The SMILES string of the molecule is Cc1cccc(OCCCCC(=O)N(C)CCC#N)c1. The van der Waals surface area contributed by atoms with E-state index in [4.69, 9.17) is 10.00 Å². The number of ether oxygens (including phenoxy) is 1. The van der Waals surface area contributed by atoms with Crippen LogP contribution < -0.4 is 4.74 Å².